The second-order valence-electron chi connectivity index (χ2n) is 6.47. The van der Waals surface area contributed by atoms with Crippen LogP contribution >= 0.6 is 11.3 Å². The molecule has 0 saturated carbocycles. The van der Waals surface area contributed by atoms with Crippen molar-refractivity contribution in [1.82, 2.24) is 0 Å². The predicted molar refractivity (Wildman–Crippen MR) is 122 cm³/mol. The van der Waals surface area contributed by atoms with E-state index in [1.807, 2.05) is 41.7 Å². The molecule has 0 spiro atoms. The van der Waals surface area contributed by atoms with Gasteiger partial charge in [-0.3, -0.25) is 0 Å². The lowest BCUT2D eigenvalue weighted by molar-refractivity contribution is 1.61. The van der Waals surface area contributed by atoms with Gasteiger partial charge >= 0.3 is 0 Å². The van der Waals surface area contributed by atoms with Gasteiger partial charge < -0.3 is 5.73 Å². The number of nitrogen functional groups attached to an aromatic ring is 1. The van der Waals surface area contributed by atoms with Crippen molar-refractivity contribution in [2.75, 3.05) is 5.73 Å². The molecule has 0 unspecified atom stereocenters. The number of nitrogens with two attached hydrogens (primary N) is 1. The first-order valence-corrected chi connectivity index (χ1v) is 9.79. The van der Waals surface area contributed by atoms with Crippen LogP contribution in [0.2, 0.25) is 0 Å². The molecule has 2 heteroatoms. The SMILES string of the molecule is C=C(/C=C\C(=C/C)c1cccc2c1sc1ccccc12)c1ccccc1N. The van der Waals surface area contributed by atoms with Crippen molar-refractivity contribution in [3.8, 4) is 0 Å². The summed E-state index contributed by atoms with van der Waals surface area (Å²) in [7, 11) is 0. The van der Waals surface area contributed by atoms with Gasteiger partial charge in [0.15, 0.2) is 0 Å². The number of benzene rings is 3. The number of allylic oxidation sites excluding steroid dienone is 5. The van der Waals surface area contributed by atoms with Crippen molar-refractivity contribution in [2.24, 2.45) is 0 Å². The van der Waals surface area contributed by atoms with Gasteiger partial charge in [-0.1, -0.05) is 79.4 Å². The minimum Gasteiger partial charge on any atom is -0.398 e. The Balaban J connectivity index is 1.75. The number of para-hydroxylation sites is 1. The topological polar surface area (TPSA) is 26.0 Å². The lowest BCUT2D eigenvalue weighted by atomic mass is 9.99. The van der Waals surface area contributed by atoms with E-state index in [0.29, 0.717) is 0 Å². The minimum absolute atomic E-state index is 0.751. The second kappa shape index (κ2) is 7.26. The molecule has 0 bridgehead atoms. The van der Waals surface area contributed by atoms with Crippen molar-refractivity contribution in [1.29, 1.82) is 0 Å². The highest BCUT2D eigenvalue weighted by Gasteiger charge is 2.10. The predicted octanol–water partition coefficient (Wildman–Crippen LogP) is 7.31. The van der Waals surface area contributed by atoms with Crippen LogP contribution in [-0.2, 0) is 0 Å². The summed E-state index contributed by atoms with van der Waals surface area (Å²) in [4.78, 5) is 0. The van der Waals surface area contributed by atoms with Crippen LogP contribution in [0.5, 0.6) is 0 Å². The first-order chi connectivity index (χ1) is 13.2. The van der Waals surface area contributed by atoms with Gasteiger partial charge in [0.05, 0.1) is 0 Å². The summed E-state index contributed by atoms with van der Waals surface area (Å²) in [5.41, 5.74) is 11.2. The zero-order valence-corrected chi connectivity index (χ0v) is 16.1. The number of anilines is 1. The maximum Gasteiger partial charge on any atom is 0.0433 e. The van der Waals surface area contributed by atoms with Crippen LogP contribution in [0.1, 0.15) is 18.1 Å². The van der Waals surface area contributed by atoms with Gasteiger partial charge in [0.1, 0.15) is 0 Å². The number of hydrogen-bond donors (Lipinski definition) is 1. The highest BCUT2D eigenvalue weighted by atomic mass is 32.1. The van der Waals surface area contributed by atoms with Gasteiger partial charge in [0, 0.05) is 31.4 Å². The van der Waals surface area contributed by atoms with E-state index in [1.54, 1.807) is 0 Å². The molecule has 0 radical (unpaired) electrons. The van der Waals surface area contributed by atoms with E-state index in [-0.39, 0.29) is 0 Å². The molecule has 0 amide bonds. The molecular weight excluding hydrogens is 346 g/mol. The molecule has 1 aromatic heterocycles. The van der Waals surface area contributed by atoms with Crippen LogP contribution in [0.3, 0.4) is 0 Å². The molecule has 1 nitrogen and oxygen atoms in total. The van der Waals surface area contributed by atoms with Crippen molar-refractivity contribution in [3.05, 3.63) is 103 Å². The number of rotatable bonds is 4. The maximum atomic E-state index is 6.08. The Morgan fingerprint density at radius 2 is 1.56 bits per heavy atom. The third-order valence-electron chi connectivity index (χ3n) is 4.80. The second-order valence-corrected chi connectivity index (χ2v) is 7.52. The fourth-order valence-electron chi connectivity index (χ4n) is 3.39. The number of thiophene rings is 1. The van der Waals surface area contributed by atoms with Crippen LogP contribution in [0.25, 0.3) is 31.3 Å². The highest BCUT2D eigenvalue weighted by molar-refractivity contribution is 7.26. The van der Waals surface area contributed by atoms with Crippen LogP contribution in [-0.4, -0.2) is 0 Å². The van der Waals surface area contributed by atoms with Crippen molar-refractivity contribution in [2.45, 2.75) is 6.92 Å². The van der Waals surface area contributed by atoms with Crippen LogP contribution in [0.4, 0.5) is 5.69 Å². The normalized spacial score (nSPS) is 12.3. The van der Waals surface area contributed by atoms with Crippen molar-refractivity contribution in [3.63, 3.8) is 0 Å². The van der Waals surface area contributed by atoms with E-state index in [4.69, 9.17) is 5.73 Å². The van der Waals surface area contributed by atoms with E-state index < -0.39 is 0 Å². The molecule has 0 atom stereocenters. The Kier molecular flexibility index (Phi) is 4.66. The third kappa shape index (κ3) is 3.20. The first-order valence-electron chi connectivity index (χ1n) is 8.98. The smallest absolute Gasteiger partial charge is 0.0433 e. The monoisotopic (exact) mass is 367 g/mol. The van der Waals surface area contributed by atoms with E-state index in [2.05, 4.69) is 68.1 Å². The standard InChI is InChI=1S/C25H21NS/c1-3-18(16-15-17(2)19-9-4-6-13-23(19)26)20-11-8-12-22-21-10-5-7-14-24(21)27-25(20)22/h3-16H,2,26H2,1H3/b16-15-,18-3+. The number of fused-ring (bicyclic) bond motifs is 3. The minimum atomic E-state index is 0.751. The molecule has 0 aliphatic rings. The third-order valence-corrected chi connectivity index (χ3v) is 6.02. The van der Waals surface area contributed by atoms with Crippen molar-refractivity contribution >= 4 is 48.3 Å². The molecule has 4 rings (SSSR count). The highest BCUT2D eigenvalue weighted by Crippen LogP contribution is 2.38. The lowest BCUT2D eigenvalue weighted by Crippen LogP contribution is -1.91. The van der Waals surface area contributed by atoms with Crippen LogP contribution in [0.15, 0.2) is 91.5 Å². The molecule has 132 valence electrons. The quantitative estimate of drug-likeness (QED) is 0.297. The summed E-state index contributed by atoms with van der Waals surface area (Å²) in [5, 5.41) is 2.63. The van der Waals surface area contributed by atoms with Crippen LogP contribution < -0.4 is 5.73 Å². The first kappa shape index (κ1) is 17.3. The molecule has 27 heavy (non-hydrogen) atoms. The van der Waals surface area contributed by atoms with Gasteiger partial charge in [0.2, 0.25) is 0 Å². The summed E-state index contributed by atoms with van der Waals surface area (Å²) in [6.07, 6.45) is 6.33. The lowest BCUT2D eigenvalue weighted by Gasteiger charge is -2.07. The van der Waals surface area contributed by atoms with E-state index in [0.717, 1.165) is 16.8 Å². The molecule has 0 aliphatic carbocycles. The summed E-state index contributed by atoms with van der Waals surface area (Å²) in [6.45, 7) is 6.27. The van der Waals surface area contributed by atoms with Crippen LogP contribution in [0, 0.1) is 0 Å². The average Bonchev–Trinajstić information content (AvgIpc) is 3.08. The summed E-state index contributed by atoms with van der Waals surface area (Å²) >= 11 is 1.85. The number of hydrogen-bond acceptors (Lipinski definition) is 2. The van der Waals surface area contributed by atoms with Gasteiger partial charge in [-0.15, -0.1) is 11.3 Å². The maximum absolute atomic E-state index is 6.08. The Morgan fingerprint density at radius 1 is 0.852 bits per heavy atom. The summed E-state index contributed by atoms with van der Waals surface area (Å²) < 4.78 is 2.64. The van der Waals surface area contributed by atoms with Crippen molar-refractivity contribution < 1.29 is 0 Å². The van der Waals surface area contributed by atoms with E-state index in [1.165, 1.54) is 31.3 Å². The largest absolute Gasteiger partial charge is 0.398 e. The summed E-state index contributed by atoms with van der Waals surface area (Å²) in [5.74, 6) is 0. The zero-order chi connectivity index (χ0) is 18.8. The van der Waals surface area contributed by atoms with Gasteiger partial charge in [-0.25, -0.2) is 0 Å². The van der Waals surface area contributed by atoms with E-state index >= 15 is 0 Å². The Morgan fingerprint density at radius 3 is 2.37 bits per heavy atom. The molecule has 0 saturated heterocycles. The molecule has 0 fully saturated rings. The van der Waals surface area contributed by atoms with E-state index in [9.17, 15) is 0 Å². The Labute approximate surface area is 163 Å². The summed E-state index contributed by atoms with van der Waals surface area (Å²) in [6, 6.07) is 23.0. The molecule has 3 aromatic carbocycles. The molecule has 2 N–H and O–H groups in total. The van der Waals surface area contributed by atoms with Gasteiger partial charge in [-0.2, -0.15) is 0 Å². The molecule has 4 aromatic rings. The fourth-order valence-corrected chi connectivity index (χ4v) is 4.62. The zero-order valence-electron chi connectivity index (χ0n) is 15.3. The molecule has 0 aliphatic heterocycles. The molecular formula is C25H21NS. The van der Waals surface area contributed by atoms with Gasteiger partial charge in [-0.05, 0) is 35.8 Å². The Bertz CT molecular complexity index is 1210. The Hall–Kier alpha value is -3.10. The van der Waals surface area contributed by atoms with Gasteiger partial charge in [0.25, 0.3) is 0 Å². The average molecular weight is 368 g/mol. The fraction of sp³-hybridized carbons (Fsp3) is 0.0400. The molecule has 1 heterocycles.